The zero-order chi connectivity index (χ0) is 11.4. The van der Waals surface area contributed by atoms with E-state index in [2.05, 4.69) is 27.1 Å². The second-order valence-corrected chi connectivity index (χ2v) is 3.82. The molecule has 4 nitrogen and oxygen atoms in total. The maximum Gasteiger partial charge on any atom is 0.222 e. The summed E-state index contributed by atoms with van der Waals surface area (Å²) in [4.78, 5) is 19.3. The Kier molecular flexibility index (Phi) is 3.16. The van der Waals surface area contributed by atoms with Gasteiger partial charge in [-0.25, -0.2) is 9.97 Å². The van der Waals surface area contributed by atoms with E-state index >= 15 is 0 Å². The summed E-state index contributed by atoms with van der Waals surface area (Å²) >= 11 is 0. The summed E-state index contributed by atoms with van der Waals surface area (Å²) in [5.74, 6) is 7.13. The summed E-state index contributed by atoms with van der Waals surface area (Å²) in [6.45, 7) is 0. The monoisotopic (exact) mass is 215 g/mol. The molecule has 1 saturated carbocycles. The first kappa shape index (κ1) is 10.6. The number of nitrogens with one attached hydrogen (secondary N) is 1. The predicted octanol–water partition coefficient (Wildman–Crippen LogP) is 0.600. The summed E-state index contributed by atoms with van der Waals surface area (Å²) in [7, 11) is 1.67. The van der Waals surface area contributed by atoms with Gasteiger partial charge in [0.2, 0.25) is 11.7 Å². The molecule has 0 spiro atoms. The van der Waals surface area contributed by atoms with Crippen LogP contribution in [0.2, 0.25) is 0 Å². The maximum atomic E-state index is 11.2. The lowest BCUT2D eigenvalue weighted by molar-refractivity contribution is -0.127. The predicted molar refractivity (Wildman–Crippen MR) is 59.2 cm³/mol. The molecule has 0 aliphatic heterocycles. The maximum absolute atomic E-state index is 11.2. The van der Waals surface area contributed by atoms with Crippen LogP contribution in [0.5, 0.6) is 0 Å². The van der Waals surface area contributed by atoms with Gasteiger partial charge in [0.1, 0.15) is 0 Å². The first-order valence-corrected chi connectivity index (χ1v) is 5.29. The van der Waals surface area contributed by atoms with E-state index in [-0.39, 0.29) is 11.8 Å². The van der Waals surface area contributed by atoms with Crippen molar-refractivity contribution in [1.82, 2.24) is 15.3 Å². The van der Waals surface area contributed by atoms with Crippen LogP contribution in [0.15, 0.2) is 18.5 Å². The lowest BCUT2D eigenvalue weighted by atomic mass is 9.75. The minimum atomic E-state index is 0.119. The quantitative estimate of drug-likeness (QED) is 0.698. The molecule has 0 bridgehead atoms. The molecule has 1 heterocycles. The number of aromatic nitrogens is 2. The molecule has 1 aromatic heterocycles. The molecular formula is C12H13N3O. The van der Waals surface area contributed by atoms with Gasteiger partial charge in [0.05, 0.1) is 0 Å². The van der Waals surface area contributed by atoms with Crippen LogP contribution in [0.1, 0.15) is 18.7 Å². The zero-order valence-electron chi connectivity index (χ0n) is 9.10. The summed E-state index contributed by atoms with van der Waals surface area (Å²) in [5, 5.41) is 2.65. The molecule has 1 amide bonds. The molecule has 0 atom stereocenters. The van der Waals surface area contributed by atoms with Crippen LogP contribution in [0.3, 0.4) is 0 Å². The van der Waals surface area contributed by atoms with Crippen molar-refractivity contribution in [2.24, 2.45) is 11.8 Å². The van der Waals surface area contributed by atoms with E-state index in [1.165, 1.54) is 0 Å². The second-order valence-electron chi connectivity index (χ2n) is 3.82. The van der Waals surface area contributed by atoms with E-state index < -0.39 is 0 Å². The van der Waals surface area contributed by atoms with Crippen LogP contribution in [-0.2, 0) is 4.79 Å². The fourth-order valence-electron chi connectivity index (χ4n) is 1.68. The fraction of sp³-hybridized carbons (Fsp3) is 0.417. The number of nitrogens with zero attached hydrogens (tertiary/aromatic N) is 2. The van der Waals surface area contributed by atoms with Crippen molar-refractivity contribution >= 4 is 5.91 Å². The topological polar surface area (TPSA) is 54.9 Å². The number of carbonyl (C=O) groups excluding carboxylic acids is 1. The average molecular weight is 215 g/mol. The molecule has 2 rings (SSSR count). The molecule has 4 heteroatoms. The van der Waals surface area contributed by atoms with Gasteiger partial charge >= 0.3 is 0 Å². The van der Waals surface area contributed by atoms with Crippen LogP contribution in [0.4, 0.5) is 0 Å². The molecule has 16 heavy (non-hydrogen) atoms. The Morgan fingerprint density at radius 1 is 1.44 bits per heavy atom. The van der Waals surface area contributed by atoms with E-state index in [0.717, 1.165) is 12.8 Å². The van der Waals surface area contributed by atoms with Gasteiger partial charge in [0.25, 0.3) is 0 Å². The van der Waals surface area contributed by atoms with Gasteiger partial charge in [-0.3, -0.25) is 4.79 Å². The highest BCUT2D eigenvalue weighted by atomic mass is 16.1. The smallest absolute Gasteiger partial charge is 0.222 e. The van der Waals surface area contributed by atoms with Gasteiger partial charge in [0, 0.05) is 31.3 Å². The minimum absolute atomic E-state index is 0.119. The first-order valence-electron chi connectivity index (χ1n) is 5.29. The van der Waals surface area contributed by atoms with Crippen molar-refractivity contribution in [2.75, 3.05) is 7.05 Å². The van der Waals surface area contributed by atoms with E-state index in [0.29, 0.717) is 11.7 Å². The highest BCUT2D eigenvalue weighted by Crippen LogP contribution is 2.33. The SMILES string of the molecule is CNC(=O)C1CC(C#Cc2ncccn2)C1. The van der Waals surface area contributed by atoms with Crippen molar-refractivity contribution in [3.63, 3.8) is 0 Å². The highest BCUT2D eigenvalue weighted by Gasteiger charge is 2.32. The lowest BCUT2D eigenvalue weighted by Crippen LogP contribution is -2.36. The summed E-state index contributed by atoms with van der Waals surface area (Å²) < 4.78 is 0. The third-order valence-electron chi connectivity index (χ3n) is 2.71. The highest BCUT2D eigenvalue weighted by molar-refractivity contribution is 5.79. The van der Waals surface area contributed by atoms with Crippen molar-refractivity contribution < 1.29 is 4.79 Å². The molecule has 1 fully saturated rings. The Labute approximate surface area is 94.5 Å². The Morgan fingerprint density at radius 2 is 2.12 bits per heavy atom. The lowest BCUT2D eigenvalue weighted by Gasteiger charge is -2.29. The summed E-state index contributed by atoms with van der Waals surface area (Å²) in [5.41, 5.74) is 0. The van der Waals surface area contributed by atoms with Crippen LogP contribution < -0.4 is 5.32 Å². The van der Waals surface area contributed by atoms with Gasteiger partial charge in [-0.15, -0.1) is 0 Å². The number of amides is 1. The van der Waals surface area contributed by atoms with Gasteiger partial charge in [-0.1, -0.05) is 5.92 Å². The Hall–Kier alpha value is -1.89. The number of rotatable bonds is 1. The van der Waals surface area contributed by atoms with E-state index in [9.17, 15) is 4.79 Å². The summed E-state index contributed by atoms with van der Waals surface area (Å²) in [6.07, 6.45) is 5.04. The standard InChI is InChI=1S/C12H13N3O/c1-13-12(16)10-7-9(8-10)3-4-11-14-5-2-6-15-11/h2,5-6,9-10H,7-8H2,1H3,(H,13,16). The molecule has 0 unspecified atom stereocenters. The first-order chi connectivity index (χ1) is 7.79. The molecule has 1 aliphatic carbocycles. The van der Waals surface area contributed by atoms with Crippen molar-refractivity contribution in [3.05, 3.63) is 24.3 Å². The van der Waals surface area contributed by atoms with Crippen molar-refractivity contribution in [3.8, 4) is 11.8 Å². The zero-order valence-corrected chi connectivity index (χ0v) is 9.10. The Balaban J connectivity index is 1.86. The fourth-order valence-corrected chi connectivity index (χ4v) is 1.68. The van der Waals surface area contributed by atoms with Crippen molar-refractivity contribution in [1.29, 1.82) is 0 Å². The third kappa shape index (κ3) is 2.37. The third-order valence-corrected chi connectivity index (χ3v) is 2.71. The Morgan fingerprint density at radius 3 is 2.75 bits per heavy atom. The Bertz CT molecular complexity index is 427. The number of carbonyl (C=O) groups is 1. The molecule has 0 aromatic carbocycles. The second kappa shape index (κ2) is 4.75. The van der Waals surface area contributed by atoms with E-state index in [1.54, 1.807) is 25.5 Å². The largest absolute Gasteiger partial charge is 0.359 e. The van der Waals surface area contributed by atoms with Crippen LogP contribution in [-0.4, -0.2) is 22.9 Å². The average Bonchev–Trinajstić information content (AvgIpc) is 2.28. The number of hydrogen-bond donors (Lipinski definition) is 1. The van der Waals surface area contributed by atoms with Crippen LogP contribution >= 0.6 is 0 Å². The van der Waals surface area contributed by atoms with Gasteiger partial charge < -0.3 is 5.32 Å². The van der Waals surface area contributed by atoms with Crippen molar-refractivity contribution in [2.45, 2.75) is 12.8 Å². The number of hydrogen-bond acceptors (Lipinski definition) is 3. The molecule has 1 aliphatic rings. The normalized spacial score (nSPS) is 22.6. The van der Waals surface area contributed by atoms with Gasteiger partial charge in [-0.05, 0) is 24.8 Å². The molecule has 82 valence electrons. The van der Waals surface area contributed by atoms with E-state index in [4.69, 9.17) is 0 Å². The van der Waals surface area contributed by atoms with Crippen LogP contribution in [0.25, 0.3) is 0 Å². The molecular weight excluding hydrogens is 202 g/mol. The molecule has 0 saturated heterocycles. The van der Waals surface area contributed by atoms with Crippen LogP contribution in [0, 0.1) is 23.7 Å². The molecule has 0 radical (unpaired) electrons. The van der Waals surface area contributed by atoms with Gasteiger partial charge in [-0.2, -0.15) is 0 Å². The molecule has 1 N–H and O–H groups in total. The molecule has 1 aromatic rings. The summed E-state index contributed by atoms with van der Waals surface area (Å²) in [6, 6.07) is 1.76. The van der Waals surface area contributed by atoms with Gasteiger partial charge in [0.15, 0.2) is 0 Å². The minimum Gasteiger partial charge on any atom is -0.359 e. The van der Waals surface area contributed by atoms with E-state index in [1.807, 2.05) is 0 Å².